The highest BCUT2D eigenvalue weighted by molar-refractivity contribution is 6.30. The summed E-state index contributed by atoms with van der Waals surface area (Å²) in [6.07, 6.45) is 5.67. The van der Waals surface area contributed by atoms with E-state index < -0.39 is 6.04 Å². The monoisotopic (exact) mass is 486 g/mol. The van der Waals surface area contributed by atoms with Crippen molar-refractivity contribution in [2.24, 2.45) is 0 Å². The summed E-state index contributed by atoms with van der Waals surface area (Å²) >= 11 is 6.05. The van der Waals surface area contributed by atoms with Gasteiger partial charge in [0.25, 0.3) is 0 Å². The smallest absolute Gasteiger partial charge is 0.243 e. The van der Waals surface area contributed by atoms with E-state index in [0.717, 1.165) is 36.8 Å². The summed E-state index contributed by atoms with van der Waals surface area (Å²) in [5.74, 6) is 1.16. The van der Waals surface area contributed by atoms with Crippen LogP contribution in [0, 0.1) is 0 Å². The summed E-state index contributed by atoms with van der Waals surface area (Å²) in [5.41, 5.74) is 1.91. The van der Waals surface area contributed by atoms with Gasteiger partial charge >= 0.3 is 0 Å². The van der Waals surface area contributed by atoms with E-state index in [4.69, 9.17) is 21.1 Å². The highest BCUT2D eigenvalue weighted by atomic mass is 35.5. The van der Waals surface area contributed by atoms with E-state index in [0.29, 0.717) is 35.9 Å². The molecule has 0 aliphatic heterocycles. The summed E-state index contributed by atoms with van der Waals surface area (Å²) < 4.78 is 10.7. The molecular weight excluding hydrogens is 452 g/mol. The summed E-state index contributed by atoms with van der Waals surface area (Å²) in [7, 11) is 3.19. The van der Waals surface area contributed by atoms with Gasteiger partial charge in [-0.1, -0.05) is 49.6 Å². The highest BCUT2D eigenvalue weighted by Gasteiger charge is 2.30. The molecule has 1 saturated carbocycles. The lowest BCUT2D eigenvalue weighted by molar-refractivity contribution is -0.141. The van der Waals surface area contributed by atoms with E-state index in [-0.39, 0.29) is 24.3 Å². The van der Waals surface area contributed by atoms with Crippen molar-refractivity contribution in [2.45, 2.75) is 70.5 Å². The van der Waals surface area contributed by atoms with E-state index in [1.807, 2.05) is 49.4 Å². The van der Waals surface area contributed by atoms with Gasteiger partial charge in [-0.3, -0.25) is 9.59 Å². The number of halogens is 1. The molecule has 1 atom stereocenters. The zero-order valence-corrected chi connectivity index (χ0v) is 21.1. The maximum atomic E-state index is 13.5. The summed E-state index contributed by atoms with van der Waals surface area (Å²) in [6, 6.07) is 12.8. The molecule has 0 spiro atoms. The van der Waals surface area contributed by atoms with Gasteiger partial charge in [-0.25, -0.2) is 0 Å². The molecule has 0 aromatic heterocycles. The van der Waals surface area contributed by atoms with Crippen LogP contribution in [-0.4, -0.2) is 43.0 Å². The zero-order chi connectivity index (χ0) is 24.5. The normalized spacial score (nSPS) is 14.5. The SMILES string of the molecule is CCC(C(=O)NC1CCCC1)N(Cc1ccc(Cl)cc1)C(=O)CCc1ccc(OC)c(OC)c1. The van der Waals surface area contributed by atoms with Crippen LogP contribution in [0.4, 0.5) is 0 Å². The molecule has 7 heteroatoms. The molecule has 1 N–H and O–H groups in total. The van der Waals surface area contributed by atoms with E-state index >= 15 is 0 Å². The number of hydrogen-bond donors (Lipinski definition) is 1. The van der Waals surface area contributed by atoms with Gasteiger partial charge in [-0.15, -0.1) is 0 Å². The number of aryl methyl sites for hydroxylation is 1. The molecule has 1 aliphatic rings. The van der Waals surface area contributed by atoms with Crippen molar-refractivity contribution in [2.75, 3.05) is 14.2 Å². The second kappa shape index (κ2) is 12.7. The van der Waals surface area contributed by atoms with Crippen LogP contribution < -0.4 is 14.8 Å². The van der Waals surface area contributed by atoms with Crippen molar-refractivity contribution in [3.05, 3.63) is 58.6 Å². The van der Waals surface area contributed by atoms with Crippen LogP contribution in [0.25, 0.3) is 0 Å². The number of carbonyl (C=O) groups excluding carboxylic acids is 2. The standard InChI is InChI=1S/C27H35ClN2O4/c1-4-23(27(32)29-22-7-5-6-8-22)30(18-20-9-13-21(28)14-10-20)26(31)16-12-19-11-15-24(33-2)25(17-19)34-3/h9-11,13-15,17,22-23H,4-8,12,16,18H2,1-3H3,(H,29,32). The Morgan fingerprint density at radius 1 is 1.03 bits per heavy atom. The number of benzene rings is 2. The molecule has 2 aromatic rings. The molecule has 0 radical (unpaired) electrons. The van der Waals surface area contributed by atoms with Gasteiger partial charge in [0.05, 0.1) is 14.2 Å². The Hall–Kier alpha value is -2.73. The molecule has 3 rings (SSSR count). The second-order valence-electron chi connectivity index (χ2n) is 8.75. The third kappa shape index (κ3) is 6.89. The Balaban J connectivity index is 1.76. The molecule has 0 saturated heterocycles. The number of ether oxygens (including phenoxy) is 2. The van der Waals surface area contributed by atoms with Gasteiger partial charge in [-0.05, 0) is 61.1 Å². The van der Waals surface area contributed by atoms with Crippen LogP contribution >= 0.6 is 11.6 Å². The van der Waals surface area contributed by atoms with E-state index in [1.165, 1.54) is 0 Å². The highest BCUT2D eigenvalue weighted by Crippen LogP contribution is 2.28. The molecule has 1 fully saturated rings. The largest absolute Gasteiger partial charge is 0.493 e. The molecule has 1 aliphatic carbocycles. The fraction of sp³-hybridized carbons (Fsp3) is 0.481. The van der Waals surface area contributed by atoms with Gasteiger partial charge in [0, 0.05) is 24.0 Å². The van der Waals surface area contributed by atoms with Crippen LogP contribution in [-0.2, 0) is 22.6 Å². The number of hydrogen-bond acceptors (Lipinski definition) is 4. The molecule has 1 unspecified atom stereocenters. The topological polar surface area (TPSA) is 67.9 Å². The van der Waals surface area contributed by atoms with Crippen molar-refractivity contribution in [1.82, 2.24) is 10.2 Å². The number of amides is 2. The number of rotatable bonds is 11. The molecule has 184 valence electrons. The lowest BCUT2D eigenvalue weighted by Crippen LogP contribution is -2.51. The summed E-state index contributed by atoms with van der Waals surface area (Å²) in [4.78, 5) is 28.4. The maximum absolute atomic E-state index is 13.5. The lowest BCUT2D eigenvalue weighted by atomic mass is 10.1. The molecule has 0 heterocycles. The number of nitrogens with one attached hydrogen (secondary N) is 1. The van der Waals surface area contributed by atoms with Gasteiger partial charge in [0.15, 0.2) is 11.5 Å². The predicted molar refractivity (Wildman–Crippen MR) is 134 cm³/mol. The number of methoxy groups -OCH3 is 2. The molecule has 0 bridgehead atoms. The van der Waals surface area contributed by atoms with Crippen LogP contribution in [0.2, 0.25) is 5.02 Å². The second-order valence-corrected chi connectivity index (χ2v) is 9.19. The Morgan fingerprint density at radius 2 is 1.68 bits per heavy atom. The van der Waals surface area contributed by atoms with Crippen molar-refractivity contribution in [3.63, 3.8) is 0 Å². The van der Waals surface area contributed by atoms with Gasteiger partial charge in [-0.2, -0.15) is 0 Å². The van der Waals surface area contributed by atoms with E-state index in [9.17, 15) is 9.59 Å². The third-order valence-corrected chi connectivity index (χ3v) is 6.68. The number of nitrogens with zero attached hydrogens (tertiary/aromatic N) is 1. The minimum Gasteiger partial charge on any atom is -0.493 e. The summed E-state index contributed by atoms with van der Waals surface area (Å²) in [5, 5.41) is 3.82. The zero-order valence-electron chi connectivity index (χ0n) is 20.3. The minimum atomic E-state index is -0.519. The Labute approximate surface area is 207 Å². The first-order chi connectivity index (χ1) is 16.4. The minimum absolute atomic E-state index is 0.0573. The third-order valence-electron chi connectivity index (χ3n) is 6.43. The van der Waals surface area contributed by atoms with Crippen LogP contribution in [0.1, 0.15) is 56.6 Å². The van der Waals surface area contributed by atoms with Crippen LogP contribution in [0.5, 0.6) is 11.5 Å². The average molecular weight is 487 g/mol. The Bertz CT molecular complexity index is 958. The van der Waals surface area contributed by atoms with Crippen LogP contribution in [0.15, 0.2) is 42.5 Å². The first kappa shape index (κ1) is 25.9. The average Bonchev–Trinajstić information content (AvgIpc) is 3.36. The van der Waals surface area contributed by atoms with Crippen molar-refractivity contribution in [1.29, 1.82) is 0 Å². The molecule has 34 heavy (non-hydrogen) atoms. The maximum Gasteiger partial charge on any atom is 0.243 e. The Morgan fingerprint density at radius 3 is 2.29 bits per heavy atom. The van der Waals surface area contributed by atoms with E-state index in [1.54, 1.807) is 19.1 Å². The summed E-state index contributed by atoms with van der Waals surface area (Å²) in [6.45, 7) is 2.31. The molecule has 6 nitrogen and oxygen atoms in total. The first-order valence-corrected chi connectivity index (χ1v) is 12.4. The lowest BCUT2D eigenvalue weighted by Gasteiger charge is -2.31. The van der Waals surface area contributed by atoms with Gasteiger partial charge < -0.3 is 19.7 Å². The molecular formula is C27H35ClN2O4. The predicted octanol–water partition coefficient (Wildman–Crippen LogP) is 5.16. The fourth-order valence-corrected chi connectivity index (χ4v) is 4.63. The quantitative estimate of drug-likeness (QED) is 0.476. The van der Waals surface area contributed by atoms with Gasteiger partial charge in [0.1, 0.15) is 6.04 Å². The first-order valence-electron chi connectivity index (χ1n) is 12.0. The van der Waals surface area contributed by atoms with Crippen molar-refractivity contribution in [3.8, 4) is 11.5 Å². The van der Waals surface area contributed by atoms with Crippen molar-refractivity contribution >= 4 is 23.4 Å². The fourth-order valence-electron chi connectivity index (χ4n) is 4.50. The van der Waals surface area contributed by atoms with Crippen molar-refractivity contribution < 1.29 is 19.1 Å². The molecule has 2 aromatic carbocycles. The van der Waals surface area contributed by atoms with E-state index in [2.05, 4.69) is 5.32 Å². The van der Waals surface area contributed by atoms with Crippen LogP contribution in [0.3, 0.4) is 0 Å². The molecule has 2 amide bonds. The number of carbonyl (C=O) groups is 2. The Kier molecular flexibility index (Phi) is 9.63. The van der Waals surface area contributed by atoms with Gasteiger partial charge in [0.2, 0.25) is 11.8 Å².